The molecule has 1 unspecified atom stereocenters. The Hall–Kier alpha value is -1.73. The van der Waals surface area contributed by atoms with Crippen LogP contribution < -0.4 is 10.6 Å². The summed E-state index contributed by atoms with van der Waals surface area (Å²) in [4.78, 5) is 25.9. The van der Waals surface area contributed by atoms with Crippen molar-refractivity contribution < 1.29 is 4.79 Å². The van der Waals surface area contributed by atoms with E-state index >= 15 is 0 Å². The number of amides is 1. The average molecular weight is 291 g/mol. The normalized spacial score (nSPS) is 19.1. The van der Waals surface area contributed by atoms with E-state index in [1.54, 1.807) is 12.3 Å². The number of likely N-dealkylation sites (N-methyl/N-ethyl adjacent to an activating group) is 1. The molecule has 1 aliphatic heterocycles. The van der Waals surface area contributed by atoms with Crippen LogP contribution in [0.2, 0.25) is 0 Å². The zero-order valence-electron chi connectivity index (χ0n) is 11.5. The summed E-state index contributed by atoms with van der Waals surface area (Å²) in [5.41, 5.74) is 5.30. The molecule has 0 saturated carbocycles. The van der Waals surface area contributed by atoms with E-state index in [-0.39, 0.29) is 0 Å². The van der Waals surface area contributed by atoms with E-state index in [4.69, 9.17) is 5.73 Å². The van der Waals surface area contributed by atoms with E-state index < -0.39 is 5.91 Å². The van der Waals surface area contributed by atoms with Crippen molar-refractivity contribution in [2.24, 2.45) is 5.73 Å². The summed E-state index contributed by atoms with van der Waals surface area (Å²) in [6.07, 6.45) is 2.88. The number of nitrogens with two attached hydrogens (primary N) is 1. The number of thiophene rings is 1. The number of fused-ring (bicyclic) bond motifs is 1. The molecule has 2 aromatic rings. The second-order valence-electron chi connectivity index (χ2n) is 5.26. The third-order valence-electron chi connectivity index (χ3n) is 3.68. The average Bonchev–Trinajstić information content (AvgIpc) is 3.04. The lowest BCUT2D eigenvalue weighted by molar-refractivity contribution is 0.100. The fourth-order valence-electron chi connectivity index (χ4n) is 2.44. The van der Waals surface area contributed by atoms with Crippen molar-refractivity contribution in [1.82, 2.24) is 14.9 Å². The number of primary amides is 1. The molecule has 2 N–H and O–H groups in total. The smallest absolute Gasteiger partial charge is 0.258 e. The second kappa shape index (κ2) is 4.99. The Balaban J connectivity index is 1.88. The van der Waals surface area contributed by atoms with Crippen LogP contribution in [-0.2, 0) is 0 Å². The van der Waals surface area contributed by atoms with Gasteiger partial charge < -0.3 is 15.5 Å². The maximum Gasteiger partial charge on any atom is 0.258 e. The van der Waals surface area contributed by atoms with Gasteiger partial charge in [-0.05, 0) is 26.6 Å². The largest absolute Gasteiger partial charge is 0.365 e. The van der Waals surface area contributed by atoms with Crippen molar-refractivity contribution in [1.29, 1.82) is 0 Å². The highest BCUT2D eigenvalue weighted by Crippen LogP contribution is 2.26. The van der Waals surface area contributed by atoms with E-state index in [1.807, 2.05) is 0 Å². The molecule has 106 valence electrons. The van der Waals surface area contributed by atoms with Gasteiger partial charge in [0.2, 0.25) is 5.95 Å². The fourth-order valence-corrected chi connectivity index (χ4v) is 3.29. The van der Waals surface area contributed by atoms with Gasteiger partial charge in [0.25, 0.3) is 5.91 Å². The van der Waals surface area contributed by atoms with Gasteiger partial charge in [-0.25, -0.2) is 9.97 Å². The van der Waals surface area contributed by atoms with Crippen molar-refractivity contribution in [2.45, 2.75) is 12.5 Å². The van der Waals surface area contributed by atoms with Gasteiger partial charge in [-0.1, -0.05) is 0 Å². The Morgan fingerprint density at radius 3 is 3.00 bits per heavy atom. The maximum atomic E-state index is 11.2. The molecule has 3 rings (SSSR count). The molecule has 1 fully saturated rings. The summed E-state index contributed by atoms with van der Waals surface area (Å²) in [6.45, 7) is 1.90. The summed E-state index contributed by atoms with van der Waals surface area (Å²) in [5, 5.41) is 0.871. The van der Waals surface area contributed by atoms with Gasteiger partial charge in [-0.2, -0.15) is 0 Å². The molecule has 1 atom stereocenters. The SMILES string of the molecule is CN(C)C1CCN(c2ncc3cc(C(N)=O)sc3n2)C1. The van der Waals surface area contributed by atoms with Crippen molar-refractivity contribution in [3.8, 4) is 0 Å². The monoisotopic (exact) mass is 291 g/mol. The molecule has 0 aliphatic carbocycles. The molecule has 0 aromatic carbocycles. The molecule has 0 bridgehead atoms. The molecule has 6 nitrogen and oxygen atoms in total. The standard InChI is InChI=1S/C13H17N5OS/c1-17(2)9-3-4-18(7-9)13-15-6-8-5-10(11(14)19)20-12(8)16-13/h5-6,9H,3-4,7H2,1-2H3,(H2,14,19). The lowest BCUT2D eigenvalue weighted by atomic mass is 10.2. The van der Waals surface area contributed by atoms with Crippen LogP contribution in [-0.4, -0.2) is 54.0 Å². The number of hydrogen-bond donors (Lipinski definition) is 1. The van der Waals surface area contributed by atoms with Crippen LogP contribution in [0.1, 0.15) is 16.1 Å². The summed E-state index contributed by atoms with van der Waals surface area (Å²) in [5.74, 6) is 0.322. The Labute approximate surface area is 121 Å². The minimum atomic E-state index is -0.414. The predicted molar refractivity (Wildman–Crippen MR) is 80.2 cm³/mol. The Bertz CT molecular complexity index is 653. The van der Waals surface area contributed by atoms with Crippen molar-refractivity contribution in [3.63, 3.8) is 0 Å². The third-order valence-corrected chi connectivity index (χ3v) is 4.74. The molecule has 1 saturated heterocycles. The zero-order valence-corrected chi connectivity index (χ0v) is 12.4. The second-order valence-corrected chi connectivity index (χ2v) is 6.29. The van der Waals surface area contributed by atoms with Gasteiger partial charge in [0.15, 0.2) is 0 Å². The highest BCUT2D eigenvalue weighted by molar-refractivity contribution is 7.20. The summed E-state index contributed by atoms with van der Waals surface area (Å²) in [6, 6.07) is 2.29. The Morgan fingerprint density at radius 1 is 1.55 bits per heavy atom. The molecule has 0 spiro atoms. The minimum Gasteiger partial charge on any atom is -0.365 e. The van der Waals surface area contributed by atoms with Gasteiger partial charge in [0, 0.05) is 30.7 Å². The van der Waals surface area contributed by atoms with E-state index in [0.717, 1.165) is 35.7 Å². The number of carbonyl (C=O) groups is 1. The zero-order chi connectivity index (χ0) is 14.3. The highest BCUT2D eigenvalue weighted by Gasteiger charge is 2.26. The van der Waals surface area contributed by atoms with Crippen molar-refractivity contribution in [3.05, 3.63) is 17.1 Å². The van der Waals surface area contributed by atoms with Gasteiger partial charge >= 0.3 is 0 Å². The maximum absolute atomic E-state index is 11.2. The lowest BCUT2D eigenvalue weighted by Gasteiger charge is -2.20. The molecule has 1 amide bonds. The predicted octanol–water partition coefficient (Wildman–Crippen LogP) is 0.931. The van der Waals surface area contributed by atoms with E-state index in [1.165, 1.54) is 11.3 Å². The third kappa shape index (κ3) is 2.34. The molecule has 3 heterocycles. The van der Waals surface area contributed by atoms with E-state index in [2.05, 4.69) is 33.9 Å². The molecule has 1 aliphatic rings. The number of rotatable bonds is 3. The van der Waals surface area contributed by atoms with Crippen molar-refractivity contribution >= 4 is 33.4 Å². The van der Waals surface area contributed by atoms with Gasteiger partial charge in [0.05, 0.1) is 4.88 Å². The van der Waals surface area contributed by atoms with Gasteiger partial charge in [0.1, 0.15) is 4.83 Å². The van der Waals surface area contributed by atoms with E-state index in [9.17, 15) is 4.79 Å². The molecular formula is C13H17N5OS. The van der Waals surface area contributed by atoms with Crippen LogP contribution in [0.4, 0.5) is 5.95 Å². The molecule has 20 heavy (non-hydrogen) atoms. The summed E-state index contributed by atoms with van der Waals surface area (Å²) < 4.78 is 0. The number of aromatic nitrogens is 2. The lowest BCUT2D eigenvalue weighted by Crippen LogP contribution is -2.32. The minimum absolute atomic E-state index is 0.414. The molecular weight excluding hydrogens is 274 g/mol. The number of carbonyl (C=O) groups excluding carboxylic acids is 1. The fraction of sp³-hybridized carbons (Fsp3) is 0.462. The first kappa shape index (κ1) is 13.3. The topological polar surface area (TPSA) is 75.3 Å². The van der Waals surface area contributed by atoms with Crippen LogP contribution in [0.15, 0.2) is 12.3 Å². The summed E-state index contributed by atoms with van der Waals surface area (Å²) >= 11 is 1.32. The molecule has 2 aromatic heterocycles. The van der Waals surface area contributed by atoms with Crippen LogP contribution in [0.3, 0.4) is 0 Å². The first-order valence-corrected chi connectivity index (χ1v) is 7.34. The van der Waals surface area contributed by atoms with Crippen LogP contribution in [0.5, 0.6) is 0 Å². The van der Waals surface area contributed by atoms with Gasteiger partial charge in [-0.15, -0.1) is 11.3 Å². The summed E-state index contributed by atoms with van der Waals surface area (Å²) in [7, 11) is 4.19. The van der Waals surface area contributed by atoms with Crippen molar-refractivity contribution in [2.75, 3.05) is 32.1 Å². The van der Waals surface area contributed by atoms with Crippen LogP contribution >= 0.6 is 11.3 Å². The molecule has 7 heteroatoms. The first-order valence-electron chi connectivity index (χ1n) is 6.52. The highest BCUT2D eigenvalue weighted by atomic mass is 32.1. The first-order chi connectivity index (χ1) is 9.54. The molecule has 0 radical (unpaired) electrons. The quantitative estimate of drug-likeness (QED) is 0.910. The number of nitrogens with zero attached hydrogens (tertiary/aromatic N) is 4. The van der Waals surface area contributed by atoms with E-state index in [0.29, 0.717) is 10.9 Å². The number of hydrogen-bond acceptors (Lipinski definition) is 6. The van der Waals surface area contributed by atoms with Crippen LogP contribution in [0, 0.1) is 0 Å². The number of anilines is 1. The van der Waals surface area contributed by atoms with Gasteiger partial charge in [-0.3, -0.25) is 4.79 Å². The Morgan fingerprint density at radius 2 is 2.35 bits per heavy atom. The Kier molecular flexibility index (Phi) is 3.31. The van der Waals surface area contributed by atoms with Crippen LogP contribution in [0.25, 0.3) is 10.2 Å².